The van der Waals surface area contributed by atoms with E-state index >= 15 is 0 Å². The summed E-state index contributed by atoms with van der Waals surface area (Å²) in [5, 5.41) is 8.31. The number of aliphatic carboxylic acids is 1. The Bertz CT molecular complexity index is 260. The maximum absolute atomic E-state index is 11.0. The third-order valence-electron chi connectivity index (χ3n) is 1.64. The van der Waals surface area contributed by atoms with Gasteiger partial charge in [-0.1, -0.05) is 6.92 Å². The van der Waals surface area contributed by atoms with Gasteiger partial charge in [0.2, 0.25) is 0 Å². The van der Waals surface area contributed by atoms with Gasteiger partial charge in [-0.05, 0) is 6.92 Å². The summed E-state index contributed by atoms with van der Waals surface area (Å²) in [5.74, 6) is -2.03. The molecule has 0 heterocycles. The smallest absolute Gasteiger partial charge is 0.306 e. The van der Waals surface area contributed by atoms with Crippen LogP contribution in [0.3, 0.4) is 0 Å². The van der Waals surface area contributed by atoms with Gasteiger partial charge in [-0.2, -0.15) is 0 Å². The lowest BCUT2D eigenvalue weighted by atomic mass is 10.3. The third-order valence-corrected chi connectivity index (χ3v) is 1.64. The van der Waals surface area contributed by atoms with Gasteiger partial charge in [0.1, 0.15) is 12.7 Å². The summed E-state index contributed by atoms with van der Waals surface area (Å²) in [6, 6.07) is 0. The lowest BCUT2D eigenvalue weighted by Crippen LogP contribution is -2.22. The Morgan fingerprint density at radius 3 is 2.31 bits per heavy atom. The SMILES string of the molecule is CCC(=O)OC(C)COC(=O)CCC(=O)O. The van der Waals surface area contributed by atoms with Gasteiger partial charge in [-0.15, -0.1) is 0 Å². The quantitative estimate of drug-likeness (QED) is 0.651. The van der Waals surface area contributed by atoms with E-state index in [0.29, 0.717) is 0 Å². The molecule has 6 nitrogen and oxygen atoms in total. The summed E-state index contributed by atoms with van der Waals surface area (Å²) in [5.41, 5.74) is 0. The van der Waals surface area contributed by atoms with Crippen LogP contribution in [0.5, 0.6) is 0 Å². The molecule has 0 spiro atoms. The van der Waals surface area contributed by atoms with E-state index in [1.807, 2.05) is 0 Å². The molecule has 92 valence electrons. The molecule has 1 N–H and O–H groups in total. The first-order valence-electron chi connectivity index (χ1n) is 5.02. The number of carbonyl (C=O) groups is 3. The predicted octanol–water partition coefficient (Wildman–Crippen LogP) is 0.736. The molecule has 0 amide bonds. The first kappa shape index (κ1) is 14.4. The van der Waals surface area contributed by atoms with Crippen LogP contribution in [0.25, 0.3) is 0 Å². The Labute approximate surface area is 93.5 Å². The van der Waals surface area contributed by atoms with Gasteiger partial charge in [0, 0.05) is 6.42 Å². The second-order valence-corrected chi connectivity index (χ2v) is 3.23. The molecule has 0 saturated heterocycles. The number of hydrogen-bond acceptors (Lipinski definition) is 5. The van der Waals surface area contributed by atoms with Crippen molar-refractivity contribution in [3.63, 3.8) is 0 Å². The normalized spacial score (nSPS) is 11.6. The van der Waals surface area contributed by atoms with Crippen molar-refractivity contribution < 1.29 is 29.0 Å². The molecule has 0 aliphatic heterocycles. The van der Waals surface area contributed by atoms with Gasteiger partial charge in [0.05, 0.1) is 12.8 Å². The molecule has 0 aliphatic rings. The highest BCUT2D eigenvalue weighted by Gasteiger charge is 2.11. The minimum atomic E-state index is -1.05. The molecular weight excluding hydrogens is 216 g/mol. The van der Waals surface area contributed by atoms with Crippen molar-refractivity contribution in [1.82, 2.24) is 0 Å². The molecule has 0 fully saturated rings. The first-order valence-corrected chi connectivity index (χ1v) is 5.02. The van der Waals surface area contributed by atoms with Crippen LogP contribution < -0.4 is 0 Å². The predicted molar refractivity (Wildman–Crippen MR) is 53.7 cm³/mol. The molecule has 0 rings (SSSR count). The molecule has 0 aromatic carbocycles. The third kappa shape index (κ3) is 7.78. The summed E-state index contributed by atoms with van der Waals surface area (Å²) in [6.45, 7) is 3.20. The Kier molecular flexibility index (Phi) is 6.91. The summed E-state index contributed by atoms with van der Waals surface area (Å²) in [6.07, 6.45) is -0.690. The van der Waals surface area contributed by atoms with Crippen LogP contribution in [0.1, 0.15) is 33.1 Å². The maximum atomic E-state index is 11.0. The number of carboxylic acid groups (broad SMARTS) is 1. The average molecular weight is 232 g/mol. The van der Waals surface area contributed by atoms with Crippen molar-refractivity contribution in [2.24, 2.45) is 0 Å². The molecule has 6 heteroatoms. The molecule has 1 unspecified atom stereocenters. The van der Waals surface area contributed by atoms with Gasteiger partial charge in [0.25, 0.3) is 0 Å². The van der Waals surface area contributed by atoms with E-state index in [2.05, 4.69) is 0 Å². The van der Waals surface area contributed by atoms with Crippen LogP contribution in [0.4, 0.5) is 0 Å². The molecule has 0 aromatic heterocycles. The Balaban J connectivity index is 3.66. The van der Waals surface area contributed by atoms with Crippen molar-refractivity contribution in [2.75, 3.05) is 6.61 Å². The van der Waals surface area contributed by atoms with Crippen LogP contribution >= 0.6 is 0 Å². The number of esters is 2. The number of hydrogen-bond donors (Lipinski definition) is 1. The van der Waals surface area contributed by atoms with Crippen molar-refractivity contribution in [3.05, 3.63) is 0 Å². The van der Waals surface area contributed by atoms with Crippen LogP contribution in [-0.2, 0) is 23.9 Å². The highest BCUT2D eigenvalue weighted by Crippen LogP contribution is 1.98. The second-order valence-electron chi connectivity index (χ2n) is 3.23. The largest absolute Gasteiger partial charge is 0.481 e. The van der Waals surface area contributed by atoms with E-state index in [0.717, 1.165) is 0 Å². The van der Waals surface area contributed by atoms with Crippen LogP contribution in [0.15, 0.2) is 0 Å². The fourth-order valence-corrected chi connectivity index (χ4v) is 0.833. The van der Waals surface area contributed by atoms with Gasteiger partial charge in [-0.25, -0.2) is 0 Å². The summed E-state index contributed by atoms with van der Waals surface area (Å²) in [4.78, 5) is 32.0. The summed E-state index contributed by atoms with van der Waals surface area (Å²) < 4.78 is 9.56. The molecule has 0 bridgehead atoms. The fourth-order valence-electron chi connectivity index (χ4n) is 0.833. The van der Waals surface area contributed by atoms with Crippen molar-refractivity contribution in [1.29, 1.82) is 0 Å². The summed E-state index contributed by atoms with van der Waals surface area (Å²) >= 11 is 0. The van der Waals surface area contributed by atoms with Crippen molar-refractivity contribution in [3.8, 4) is 0 Å². The van der Waals surface area contributed by atoms with E-state index in [1.165, 1.54) is 0 Å². The van der Waals surface area contributed by atoms with Crippen LogP contribution in [-0.4, -0.2) is 35.7 Å². The van der Waals surface area contributed by atoms with E-state index < -0.39 is 18.0 Å². The topological polar surface area (TPSA) is 89.9 Å². The number of carboxylic acids is 1. The van der Waals surface area contributed by atoms with Crippen molar-refractivity contribution in [2.45, 2.75) is 39.2 Å². The second kappa shape index (κ2) is 7.67. The zero-order valence-electron chi connectivity index (χ0n) is 9.39. The molecule has 1 atom stereocenters. The molecule has 0 saturated carbocycles. The van der Waals surface area contributed by atoms with E-state index in [4.69, 9.17) is 14.6 Å². The van der Waals surface area contributed by atoms with Crippen molar-refractivity contribution >= 4 is 17.9 Å². The molecular formula is C10H16O6. The Morgan fingerprint density at radius 1 is 1.19 bits per heavy atom. The molecule has 0 radical (unpaired) electrons. The number of carbonyl (C=O) groups excluding carboxylic acids is 2. The Morgan fingerprint density at radius 2 is 1.81 bits per heavy atom. The minimum Gasteiger partial charge on any atom is -0.481 e. The lowest BCUT2D eigenvalue weighted by molar-refractivity contribution is -0.158. The van der Waals surface area contributed by atoms with E-state index in [9.17, 15) is 14.4 Å². The minimum absolute atomic E-state index is 0.0514. The first-order chi connectivity index (χ1) is 7.45. The highest BCUT2D eigenvalue weighted by molar-refractivity contribution is 5.76. The van der Waals surface area contributed by atoms with E-state index in [-0.39, 0.29) is 31.8 Å². The number of rotatable bonds is 7. The van der Waals surface area contributed by atoms with Gasteiger partial charge < -0.3 is 14.6 Å². The molecule has 16 heavy (non-hydrogen) atoms. The average Bonchev–Trinajstić information content (AvgIpc) is 2.23. The van der Waals surface area contributed by atoms with Gasteiger partial charge >= 0.3 is 17.9 Å². The van der Waals surface area contributed by atoms with Gasteiger partial charge in [-0.3, -0.25) is 14.4 Å². The lowest BCUT2D eigenvalue weighted by Gasteiger charge is -2.12. The highest BCUT2D eigenvalue weighted by atomic mass is 16.6. The van der Waals surface area contributed by atoms with E-state index in [1.54, 1.807) is 13.8 Å². The number of ether oxygens (including phenoxy) is 2. The molecule has 0 aromatic rings. The van der Waals surface area contributed by atoms with Crippen LogP contribution in [0, 0.1) is 0 Å². The fraction of sp³-hybridized carbons (Fsp3) is 0.700. The van der Waals surface area contributed by atoms with Gasteiger partial charge in [0.15, 0.2) is 0 Å². The Hall–Kier alpha value is -1.59. The zero-order valence-corrected chi connectivity index (χ0v) is 9.39. The standard InChI is InChI=1S/C10H16O6/c1-3-9(13)16-7(2)6-15-10(14)5-4-8(11)12/h7H,3-6H2,1-2H3,(H,11,12). The summed E-state index contributed by atoms with van der Waals surface area (Å²) in [7, 11) is 0. The maximum Gasteiger partial charge on any atom is 0.306 e. The zero-order chi connectivity index (χ0) is 12.6. The van der Waals surface area contributed by atoms with Crippen LogP contribution in [0.2, 0.25) is 0 Å². The molecule has 0 aliphatic carbocycles. The monoisotopic (exact) mass is 232 g/mol.